The summed E-state index contributed by atoms with van der Waals surface area (Å²) in [6, 6.07) is 6.22. The highest BCUT2D eigenvalue weighted by Gasteiger charge is 2.41. The van der Waals surface area contributed by atoms with Crippen LogP contribution in [0.15, 0.2) is 30.3 Å². The minimum absolute atomic E-state index is 0.111. The molecule has 0 saturated carbocycles. The van der Waals surface area contributed by atoms with Crippen LogP contribution in [0.25, 0.3) is 11.3 Å². The maximum atomic E-state index is 13.0. The number of hydrogen-bond acceptors (Lipinski definition) is 3. The zero-order chi connectivity index (χ0) is 16.8. The molecule has 1 aromatic heterocycles. The third kappa shape index (κ3) is 2.78. The second-order valence-electron chi connectivity index (χ2n) is 5.32. The van der Waals surface area contributed by atoms with E-state index in [4.69, 9.17) is 4.74 Å². The average Bonchev–Trinajstić information content (AvgIpc) is 2.87. The molecule has 0 radical (unpaired) electrons. The van der Waals surface area contributed by atoms with Crippen molar-refractivity contribution in [1.29, 1.82) is 0 Å². The maximum Gasteiger partial charge on any atom is 0.456 e. The molecule has 0 fully saturated rings. The van der Waals surface area contributed by atoms with Gasteiger partial charge in [0, 0.05) is 17.0 Å². The van der Waals surface area contributed by atoms with Gasteiger partial charge < -0.3 is 4.74 Å². The second kappa shape index (κ2) is 5.33. The van der Waals surface area contributed by atoms with Crippen molar-refractivity contribution in [3.63, 3.8) is 0 Å². The number of rotatable bonds is 2. The Morgan fingerprint density at radius 2 is 1.91 bits per heavy atom. The van der Waals surface area contributed by atoms with E-state index >= 15 is 0 Å². The average molecular weight is 325 g/mol. The van der Waals surface area contributed by atoms with Crippen LogP contribution in [-0.4, -0.2) is 23.6 Å². The molecule has 0 N–H and O–H groups in total. The van der Waals surface area contributed by atoms with Gasteiger partial charge in [0.1, 0.15) is 23.0 Å². The molecule has 3 nitrogen and oxygen atoms in total. The molecule has 1 aliphatic heterocycles. The van der Waals surface area contributed by atoms with Crippen LogP contribution >= 0.6 is 0 Å². The fraction of sp³-hybridized carbons (Fsp3) is 0.250. The van der Waals surface area contributed by atoms with E-state index in [1.165, 1.54) is 24.3 Å². The van der Waals surface area contributed by atoms with Crippen molar-refractivity contribution in [3.05, 3.63) is 47.4 Å². The van der Waals surface area contributed by atoms with Crippen LogP contribution in [0.3, 0.4) is 0 Å². The first-order chi connectivity index (χ1) is 10.8. The van der Waals surface area contributed by atoms with E-state index in [0.29, 0.717) is 16.9 Å². The van der Waals surface area contributed by atoms with Gasteiger partial charge >= 0.3 is 6.18 Å². The third-order valence-electron chi connectivity index (χ3n) is 3.62. The van der Waals surface area contributed by atoms with Gasteiger partial charge in [0.05, 0.1) is 6.61 Å². The minimum Gasteiger partial charge on any atom is -0.490 e. The van der Waals surface area contributed by atoms with Gasteiger partial charge in [-0.3, -0.25) is 4.79 Å². The van der Waals surface area contributed by atoms with Crippen molar-refractivity contribution >= 4 is 5.78 Å². The predicted molar refractivity (Wildman–Crippen MR) is 73.9 cm³/mol. The first-order valence-electron chi connectivity index (χ1n) is 6.82. The molecular weight excluding hydrogens is 314 g/mol. The molecule has 1 atom stereocenters. The third-order valence-corrected chi connectivity index (χ3v) is 3.62. The van der Waals surface area contributed by atoms with Gasteiger partial charge in [0.25, 0.3) is 5.78 Å². The van der Waals surface area contributed by atoms with E-state index in [-0.39, 0.29) is 18.2 Å². The van der Waals surface area contributed by atoms with Gasteiger partial charge in [-0.1, -0.05) is 6.92 Å². The fourth-order valence-electron chi connectivity index (χ4n) is 2.43. The molecular formula is C16H11F4NO2. The summed E-state index contributed by atoms with van der Waals surface area (Å²) in [5.41, 5.74) is 0.299. The lowest BCUT2D eigenvalue weighted by molar-refractivity contribution is -0.0888. The molecule has 0 amide bonds. The quantitative estimate of drug-likeness (QED) is 0.616. The number of carbonyl (C=O) groups is 1. The number of benzene rings is 1. The topological polar surface area (TPSA) is 39.2 Å². The van der Waals surface area contributed by atoms with Crippen LogP contribution < -0.4 is 4.74 Å². The monoisotopic (exact) mass is 325 g/mol. The van der Waals surface area contributed by atoms with E-state index in [1.807, 2.05) is 0 Å². The van der Waals surface area contributed by atoms with E-state index in [9.17, 15) is 22.4 Å². The van der Waals surface area contributed by atoms with E-state index in [0.717, 1.165) is 6.07 Å². The summed E-state index contributed by atoms with van der Waals surface area (Å²) < 4.78 is 56.6. The number of alkyl halides is 3. The Morgan fingerprint density at radius 1 is 1.26 bits per heavy atom. The SMILES string of the molecule is CC1COc2c1cc(C(=O)C(F)(F)F)nc2-c1ccc(F)cc1. The molecule has 2 aromatic rings. The number of halogens is 4. The molecule has 1 unspecified atom stereocenters. The Bertz CT molecular complexity index is 769. The molecule has 2 heterocycles. The Labute approximate surface area is 128 Å². The van der Waals surface area contributed by atoms with Gasteiger partial charge in [-0.2, -0.15) is 13.2 Å². The Balaban J connectivity index is 2.19. The molecule has 120 valence electrons. The highest BCUT2D eigenvalue weighted by Crippen LogP contribution is 2.41. The van der Waals surface area contributed by atoms with E-state index in [2.05, 4.69) is 4.98 Å². The molecule has 23 heavy (non-hydrogen) atoms. The standard InChI is InChI=1S/C16H11F4NO2/c1-8-7-23-14-11(8)6-12(15(22)16(18,19)20)21-13(14)9-2-4-10(17)5-3-9/h2-6,8H,7H2,1H3. The number of nitrogens with zero attached hydrogens (tertiary/aromatic N) is 1. The lowest BCUT2D eigenvalue weighted by Gasteiger charge is -2.11. The first-order valence-corrected chi connectivity index (χ1v) is 6.82. The fourth-order valence-corrected chi connectivity index (χ4v) is 2.43. The highest BCUT2D eigenvalue weighted by molar-refractivity contribution is 5.99. The minimum atomic E-state index is -5.01. The number of aromatic nitrogens is 1. The Kier molecular flexibility index (Phi) is 3.58. The number of ether oxygens (including phenoxy) is 1. The van der Waals surface area contributed by atoms with Gasteiger partial charge in [-0.25, -0.2) is 9.37 Å². The Morgan fingerprint density at radius 3 is 2.52 bits per heavy atom. The zero-order valence-electron chi connectivity index (χ0n) is 11.9. The van der Waals surface area contributed by atoms with Crippen LogP contribution in [-0.2, 0) is 0 Å². The summed E-state index contributed by atoms with van der Waals surface area (Å²) in [6.07, 6.45) is -5.01. The molecule has 7 heteroatoms. The number of carbonyl (C=O) groups excluding carboxylic acids is 1. The summed E-state index contributed by atoms with van der Waals surface area (Å²) in [5, 5.41) is 0. The number of fused-ring (bicyclic) bond motifs is 1. The number of Topliss-reactive ketones (excluding diaryl/α,β-unsaturated/α-hetero) is 1. The molecule has 0 saturated heterocycles. The van der Waals surface area contributed by atoms with Crippen LogP contribution in [0.1, 0.15) is 28.9 Å². The summed E-state index contributed by atoms with van der Waals surface area (Å²) in [6.45, 7) is 2.07. The lowest BCUT2D eigenvalue weighted by Crippen LogP contribution is -2.24. The summed E-state index contributed by atoms with van der Waals surface area (Å²) in [5.74, 6) is -2.32. The lowest BCUT2D eigenvalue weighted by atomic mass is 9.99. The van der Waals surface area contributed by atoms with Crippen LogP contribution in [0.2, 0.25) is 0 Å². The van der Waals surface area contributed by atoms with Crippen molar-refractivity contribution in [1.82, 2.24) is 4.98 Å². The molecule has 0 bridgehead atoms. The molecule has 1 aliphatic rings. The molecule has 1 aromatic carbocycles. The molecule has 0 aliphatic carbocycles. The van der Waals surface area contributed by atoms with Crippen molar-refractivity contribution in [2.45, 2.75) is 19.0 Å². The summed E-state index contributed by atoms with van der Waals surface area (Å²) >= 11 is 0. The Hall–Kier alpha value is -2.44. The second-order valence-corrected chi connectivity index (χ2v) is 5.32. The summed E-state index contributed by atoms with van der Waals surface area (Å²) in [7, 11) is 0. The van der Waals surface area contributed by atoms with Crippen molar-refractivity contribution in [2.75, 3.05) is 6.61 Å². The van der Waals surface area contributed by atoms with Crippen molar-refractivity contribution < 1.29 is 27.1 Å². The number of ketones is 1. The predicted octanol–water partition coefficient (Wildman–Crippen LogP) is 4.13. The van der Waals surface area contributed by atoms with Crippen molar-refractivity contribution in [3.8, 4) is 17.0 Å². The number of hydrogen-bond donors (Lipinski definition) is 0. The van der Waals surface area contributed by atoms with Crippen LogP contribution in [0, 0.1) is 5.82 Å². The van der Waals surface area contributed by atoms with Crippen molar-refractivity contribution in [2.24, 2.45) is 0 Å². The smallest absolute Gasteiger partial charge is 0.456 e. The number of pyridine rings is 1. The highest BCUT2D eigenvalue weighted by atomic mass is 19.4. The van der Waals surface area contributed by atoms with Crippen LogP contribution in [0.4, 0.5) is 17.6 Å². The zero-order valence-corrected chi connectivity index (χ0v) is 11.9. The maximum absolute atomic E-state index is 13.0. The molecule has 0 spiro atoms. The normalized spacial score (nSPS) is 16.8. The van der Waals surface area contributed by atoms with E-state index in [1.54, 1.807) is 6.92 Å². The largest absolute Gasteiger partial charge is 0.490 e. The van der Waals surface area contributed by atoms with Crippen LogP contribution in [0.5, 0.6) is 5.75 Å². The van der Waals surface area contributed by atoms with Gasteiger partial charge in [-0.05, 0) is 30.3 Å². The van der Waals surface area contributed by atoms with E-state index < -0.39 is 23.5 Å². The molecule has 3 rings (SSSR count). The van der Waals surface area contributed by atoms with Gasteiger partial charge in [0.2, 0.25) is 0 Å². The van der Waals surface area contributed by atoms with Gasteiger partial charge in [-0.15, -0.1) is 0 Å². The summed E-state index contributed by atoms with van der Waals surface area (Å²) in [4.78, 5) is 15.4. The van der Waals surface area contributed by atoms with Gasteiger partial charge in [0.15, 0.2) is 0 Å². The first kappa shape index (κ1) is 15.5.